The zero-order valence-electron chi connectivity index (χ0n) is 13.0. The Kier molecular flexibility index (Phi) is 3.78. The van der Waals surface area contributed by atoms with E-state index in [2.05, 4.69) is 20.5 Å². The minimum atomic E-state index is -0.380. The number of nitrogens with one attached hydrogen (secondary N) is 1. The summed E-state index contributed by atoms with van der Waals surface area (Å²) in [5, 5.41) is 4.60. The zero-order valence-corrected chi connectivity index (χ0v) is 13.0. The van der Waals surface area contributed by atoms with Gasteiger partial charge in [0.05, 0.1) is 10.9 Å². The molecule has 0 atom stereocenters. The van der Waals surface area contributed by atoms with Crippen molar-refractivity contribution < 1.29 is 9.53 Å². The van der Waals surface area contributed by atoms with Crippen molar-refractivity contribution in [2.24, 2.45) is 5.92 Å². The Morgan fingerprint density at radius 1 is 1.43 bits per heavy atom. The van der Waals surface area contributed by atoms with Crippen molar-refractivity contribution in [3.63, 3.8) is 0 Å². The molecule has 0 aliphatic heterocycles. The van der Waals surface area contributed by atoms with Crippen LogP contribution in [0.1, 0.15) is 19.7 Å². The molecule has 3 aromatic rings. The Bertz CT molecular complexity index is 943. The van der Waals surface area contributed by atoms with Crippen LogP contribution >= 0.6 is 0 Å². The van der Waals surface area contributed by atoms with Crippen LogP contribution < -0.4 is 11.0 Å². The van der Waals surface area contributed by atoms with Crippen LogP contribution in [0.3, 0.4) is 0 Å². The molecular formula is C14H16N6O3. The number of methoxy groups -OCH3 is 1. The van der Waals surface area contributed by atoms with E-state index in [1.165, 1.54) is 16.9 Å². The number of carbonyl (C=O) groups excluding carboxylic acids is 1. The molecule has 0 saturated carbocycles. The third-order valence-corrected chi connectivity index (χ3v) is 3.31. The molecule has 120 valence electrons. The minimum absolute atomic E-state index is 0.231. The van der Waals surface area contributed by atoms with Gasteiger partial charge in [0, 0.05) is 25.4 Å². The Labute approximate surface area is 130 Å². The molecule has 0 aliphatic carbocycles. The summed E-state index contributed by atoms with van der Waals surface area (Å²) < 4.78 is 7.63. The van der Waals surface area contributed by atoms with E-state index in [0.29, 0.717) is 22.5 Å². The van der Waals surface area contributed by atoms with Crippen LogP contribution in [-0.4, -0.2) is 37.3 Å². The summed E-state index contributed by atoms with van der Waals surface area (Å²) in [4.78, 5) is 32.6. The first kappa shape index (κ1) is 15.1. The van der Waals surface area contributed by atoms with E-state index in [9.17, 15) is 9.59 Å². The molecular weight excluding hydrogens is 300 g/mol. The molecule has 0 aromatic carbocycles. The van der Waals surface area contributed by atoms with Gasteiger partial charge in [0.1, 0.15) is 6.61 Å². The van der Waals surface area contributed by atoms with Gasteiger partial charge in [-0.05, 0) is 6.07 Å². The second kappa shape index (κ2) is 5.76. The molecule has 1 amide bonds. The lowest BCUT2D eigenvalue weighted by atomic mass is 10.2. The Morgan fingerprint density at radius 2 is 2.22 bits per heavy atom. The monoisotopic (exact) mass is 316 g/mol. The summed E-state index contributed by atoms with van der Waals surface area (Å²) >= 11 is 0. The maximum absolute atomic E-state index is 12.5. The normalized spacial score (nSPS) is 11.5. The molecule has 0 aliphatic rings. The maximum Gasteiger partial charge on any atom is 0.280 e. The number of pyridine rings is 1. The number of hydrogen-bond donors (Lipinski definition) is 1. The van der Waals surface area contributed by atoms with Gasteiger partial charge in [0.15, 0.2) is 5.82 Å². The van der Waals surface area contributed by atoms with E-state index in [0.717, 1.165) is 4.68 Å². The SMILES string of the molecule is COCc1nc2ncc3c(=O)n(NC(=O)C(C)C)ccc3n2n1. The lowest BCUT2D eigenvalue weighted by molar-refractivity contribution is -0.119. The van der Waals surface area contributed by atoms with Crippen LogP contribution in [0.5, 0.6) is 0 Å². The highest BCUT2D eigenvalue weighted by molar-refractivity contribution is 5.86. The summed E-state index contributed by atoms with van der Waals surface area (Å²) in [6, 6.07) is 1.68. The van der Waals surface area contributed by atoms with Crippen molar-refractivity contribution in [2.75, 3.05) is 12.5 Å². The smallest absolute Gasteiger partial charge is 0.280 e. The largest absolute Gasteiger partial charge is 0.377 e. The van der Waals surface area contributed by atoms with E-state index in [-0.39, 0.29) is 24.0 Å². The third kappa shape index (κ3) is 2.66. The summed E-state index contributed by atoms with van der Waals surface area (Å²) in [6.45, 7) is 3.75. The number of hydrogen-bond acceptors (Lipinski definition) is 6. The zero-order chi connectivity index (χ0) is 16.6. The van der Waals surface area contributed by atoms with E-state index < -0.39 is 0 Å². The second-order valence-corrected chi connectivity index (χ2v) is 5.35. The molecule has 0 spiro atoms. The summed E-state index contributed by atoms with van der Waals surface area (Å²) in [5.74, 6) is 0.381. The molecule has 9 nitrogen and oxygen atoms in total. The molecule has 0 unspecified atom stereocenters. The molecule has 9 heteroatoms. The molecule has 3 heterocycles. The van der Waals surface area contributed by atoms with E-state index in [1.54, 1.807) is 27.0 Å². The molecule has 1 N–H and O–H groups in total. The van der Waals surface area contributed by atoms with Gasteiger partial charge in [-0.2, -0.15) is 9.50 Å². The summed E-state index contributed by atoms with van der Waals surface area (Å²) in [6.07, 6.45) is 2.92. The number of nitrogens with zero attached hydrogens (tertiary/aromatic N) is 5. The molecule has 0 fully saturated rings. The average molecular weight is 316 g/mol. The van der Waals surface area contributed by atoms with Crippen LogP contribution in [0.25, 0.3) is 16.7 Å². The molecule has 0 radical (unpaired) electrons. The van der Waals surface area contributed by atoms with Gasteiger partial charge in [-0.25, -0.2) is 9.66 Å². The fourth-order valence-corrected chi connectivity index (χ4v) is 2.09. The topological polar surface area (TPSA) is 103 Å². The van der Waals surface area contributed by atoms with Crippen molar-refractivity contribution in [3.05, 3.63) is 34.6 Å². The highest BCUT2D eigenvalue weighted by atomic mass is 16.5. The van der Waals surface area contributed by atoms with Crippen molar-refractivity contribution >= 4 is 22.6 Å². The Hall–Kier alpha value is -2.81. The van der Waals surface area contributed by atoms with Gasteiger partial charge in [0.25, 0.3) is 11.3 Å². The van der Waals surface area contributed by atoms with Crippen LogP contribution in [0, 0.1) is 5.92 Å². The van der Waals surface area contributed by atoms with Crippen LogP contribution in [0.15, 0.2) is 23.3 Å². The number of carbonyl (C=O) groups is 1. The van der Waals surface area contributed by atoms with Crippen LogP contribution in [-0.2, 0) is 16.1 Å². The maximum atomic E-state index is 12.5. The lowest BCUT2D eigenvalue weighted by Crippen LogP contribution is -2.35. The number of ether oxygens (including phenoxy) is 1. The third-order valence-electron chi connectivity index (χ3n) is 3.31. The Balaban J connectivity index is 2.13. The molecule has 3 aromatic heterocycles. The van der Waals surface area contributed by atoms with Crippen molar-refractivity contribution in [3.8, 4) is 0 Å². The van der Waals surface area contributed by atoms with E-state index in [4.69, 9.17) is 4.74 Å². The van der Waals surface area contributed by atoms with Crippen molar-refractivity contribution in [1.82, 2.24) is 24.3 Å². The predicted octanol–water partition coefficient (Wildman–Crippen LogP) is 0.312. The van der Waals surface area contributed by atoms with Crippen LogP contribution in [0.4, 0.5) is 0 Å². The molecule has 3 rings (SSSR count). The standard InChI is InChI=1S/C14H16N6O3/c1-8(2)12(21)18-19-5-4-10-9(13(19)22)6-15-14-16-11(7-23-3)17-20(10)14/h4-6,8H,7H2,1-3H3,(H,18,21). The fourth-order valence-electron chi connectivity index (χ4n) is 2.09. The molecule has 0 bridgehead atoms. The van der Waals surface area contributed by atoms with Gasteiger partial charge >= 0.3 is 0 Å². The van der Waals surface area contributed by atoms with Gasteiger partial charge in [0.2, 0.25) is 5.91 Å². The van der Waals surface area contributed by atoms with Crippen molar-refractivity contribution in [2.45, 2.75) is 20.5 Å². The number of amides is 1. The first-order valence-corrected chi connectivity index (χ1v) is 7.07. The fraction of sp³-hybridized carbons (Fsp3) is 0.357. The van der Waals surface area contributed by atoms with Crippen LogP contribution in [0.2, 0.25) is 0 Å². The summed E-state index contributed by atoms with van der Waals surface area (Å²) in [5.41, 5.74) is 2.73. The number of aromatic nitrogens is 5. The summed E-state index contributed by atoms with van der Waals surface area (Å²) in [7, 11) is 1.55. The van der Waals surface area contributed by atoms with E-state index >= 15 is 0 Å². The van der Waals surface area contributed by atoms with Gasteiger partial charge < -0.3 is 4.74 Å². The van der Waals surface area contributed by atoms with E-state index in [1.807, 2.05) is 0 Å². The molecule has 0 saturated heterocycles. The second-order valence-electron chi connectivity index (χ2n) is 5.35. The van der Waals surface area contributed by atoms with Gasteiger partial charge in [-0.15, -0.1) is 5.10 Å². The average Bonchev–Trinajstić information content (AvgIpc) is 2.93. The molecule has 23 heavy (non-hydrogen) atoms. The highest BCUT2D eigenvalue weighted by Gasteiger charge is 2.13. The van der Waals surface area contributed by atoms with Crippen molar-refractivity contribution in [1.29, 1.82) is 0 Å². The number of rotatable bonds is 4. The first-order chi connectivity index (χ1) is 11.0. The predicted molar refractivity (Wildman–Crippen MR) is 82.5 cm³/mol. The first-order valence-electron chi connectivity index (χ1n) is 7.07. The highest BCUT2D eigenvalue weighted by Crippen LogP contribution is 2.10. The minimum Gasteiger partial charge on any atom is -0.377 e. The Morgan fingerprint density at radius 3 is 2.91 bits per heavy atom. The number of fused-ring (bicyclic) bond motifs is 3. The lowest BCUT2D eigenvalue weighted by Gasteiger charge is -2.10. The van der Waals surface area contributed by atoms with Gasteiger partial charge in [-0.3, -0.25) is 15.0 Å². The quantitative estimate of drug-likeness (QED) is 0.743. The van der Waals surface area contributed by atoms with Gasteiger partial charge in [-0.1, -0.05) is 13.8 Å².